The highest BCUT2D eigenvalue weighted by Gasteiger charge is 2.16. The lowest BCUT2D eigenvalue weighted by Crippen LogP contribution is -2.13. The van der Waals surface area contributed by atoms with Gasteiger partial charge in [-0.1, -0.05) is 53.7 Å². The van der Waals surface area contributed by atoms with Crippen LogP contribution in [0.5, 0.6) is 0 Å². The molecule has 2 N–H and O–H groups in total. The number of halogens is 1. The highest BCUT2D eigenvalue weighted by atomic mass is 35.5. The zero-order valence-electron chi connectivity index (χ0n) is 15.3. The highest BCUT2D eigenvalue weighted by Crippen LogP contribution is 2.31. The highest BCUT2D eigenvalue weighted by molar-refractivity contribution is 7.98. The average molecular weight is 442 g/mol. The lowest BCUT2D eigenvalue weighted by molar-refractivity contribution is 0.102. The van der Waals surface area contributed by atoms with Gasteiger partial charge in [0.2, 0.25) is 0 Å². The molecule has 2 heterocycles. The van der Waals surface area contributed by atoms with E-state index in [1.54, 1.807) is 0 Å². The summed E-state index contributed by atoms with van der Waals surface area (Å²) < 4.78 is 0. The minimum atomic E-state index is -0.185. The molecular weight excluding hydrogens is 426 g/mol. The Balaban J connectivity index is 1.51. The van der Waals surface area contributed by atoms with Gasteiger partial charge in [0.05, 0.1) is 5.69 Å². The quantitative estimate of drug-likeness (QED) is 0.389. The first-order chi connectivity index (χ1) is 14.1. The summed E-state index contributed by atoms with van der Waals surface area (Å²) in [5, 5.41) is 11.5. The SMILES string of the molecule is Cc1sc(NC(=O)c2ccccc2CSc2ncn[nH]2)nc1-c1ccc(Cl)cc1. The van der Waals surface area contributed by atoms with Crippen LogP contribution in [0, 0.1) is 6.92 Å². The van der Waals surface area contributed by atoms with Gasteiger partial charge in [0, 0.05) is 26.8 Å². The van der Waals surface area contributed by atoms with Crippen LogP contribution in [0.3, 0.4) is 0 Å². The Kier molecular flexibility index (Phi) is 5.94. The number of rotatable bonds is 6. The van der Waals surface area contributed by atoms with Crippen LogP contribution in [-0.4, -0.2) is 26.1 Å². The van der Waals surface area contributed by atoms with Crippen LogP contribution in [0.15, 0.2) is 60.0 Å². The van der Waals surface area contributed by atoms with Crippen LogP contribution < -0.4 is 5.32 Å². The minimum absolute atomic E-state index is 0.185. The molecule has 1 amide bonds. The van der Waals surface area contributed by atoms with Gasteiger partial charge >= 0.3 is 0 Å². The van der Waals surface area contributed by atoms with Crippen LogP contribution in [0.4, 0.5) is 5.13 Å². The third kappa shape index (κ3) is 4.67. The van der Waals surface area contributed by atoms with E-state index >= 15 is 0 Å². The maximum Gasteiger partial charge on any atom is 0.257 e. The molecule has 0 aliphatic carbocycles. The number of anilines is 1. The van der Waals surface area contributed by atoms with Crippen molar-refractivity contribution in [3.8, 4) is 11.3 Å². The van der Waals surface area contributed by atoms with E-state index in [2.05, 4.69) is 25.5 Å². The van der Waals surface area contributed by atoms with Crippen molar-refractivity contribution in [1.29, 1.82) is 0 Å². The van der Waals surface area contributed by atoms with Crippen molar-refractivity contribution in [2.24, 2.45) is 0 Å². The van der Waals surface area contributed by atoms with Crippen LogP contribution in [0.1, 0.15) is 20.8 Å². The van der Waals surface area contributed by atoms with E-state index in [0.717, 1.165) is 21.7 Å². The summed E-state index contributed by atoms with van der Waals surface area (Å²) in [4.78, 5) is 22.6. The fraction of sp³-hybridized carbons (Fsp3) is 0.100. The van der Waals surface area contributed by atoms with E-state index in [9.17, 15) is 4.79 Å². The summed E-state index contributed by atoms with van der Waals surface area (Å²) in [7, 11) is 0. The summed E-state index contributed by atoms with van der Waals surface area (Å²) >= 11 is 8.91. The molecule has 0 bridgehead atoms. The number of aromatic nitrogens is 4. The summed E-state index contributed by atoms with van der Waals surface area (Å²) in [5.74, 6) is 0.418. The molecule has 0 fully saturated rings. The van der Waals surface area contributed by atoms with Crippen molar-refractivity contribution >= 4 is 45.7 Å². The first-order valence-corrected chi connectivity index (χ1v) is 10.9. The molecule has 0 spiro atoms. The first-order valence-electron chi connectivity index (χ1n) is 8.71. The number of nitrogens with zero attached hydrogens (tertiary/aromatic N) is 3. The Morgan fingerprint density at radius 1 is 1.21 bits per heavy atom. The maximum atomic E-state index is 12.9. The van der Waals surface area contributed by atoms with E-state index in [4.69, 9.17) is 11.6 Å². The van der Waals surface area contributed by atoms with Crippen molar-refractivity contribution in [3.05, 3.63) is 75.9 Å². The number of thiazole rings is 1. The third-order valence-corrected chi connectivity index (χ3v) is 6.22. The number of hydrogen-bond acceptors (Lipinski definition) is 6. The van der Waals surface area contributed by atoms with Crippen molar-refractivity contribution in [2.45, 2.75) is 17.8 Å². The van der Waals surface area contributed by atoms with Gasteiger partial charge in [-0.15, -0.1) is 11.3 Å². The molecule has 0 aliphatic rings. The lowest BCUT2D eigenvalue weighted by atomic mass is 10.1. The van der Waals surface area contributed by atoms with Crippen molar-refractivity contribution in [3.63, 3.8) is 0 Å². The minimum Gasteiger partial charge on any atom is -0.298 e. The summed E-state index contributed by atoms with van der Waals surface area (Å²) in [6.45, 7) is 1.99. The number of carbonyl (C=O) groups excluding carboxylic acids is 1. The van der Waals surface area contributed by atoms with Gasteiger partial charge < -0.3 is 0 Å². The molecule has 0 radical (unpaired) electrons. The molecule has 29 heavy (non-hydrogen) atoms. The zero-order valence-corrected chi connectivity index (χ0v) is 17.7. The molecule has 4 aromatic rings. The summed E-state index contributed by atoms with van der Waals surface area (Å²) in [6, 6.07) is 15.0. The fourth-order valence-electron chi connectivity index (χ4n) is 2.77. The van der Waals surface area contributed by atoms with E-state index in [1.165, 1.54) is 29.4 Å². The molecule has 0 saturated carbocycles. The van der Waals surface area contributed by atoms with Gasteiger partial charge in [0.1, 0.15) is 6.33 Å². The molecule has 6 nitrogen and oxygen atoms in total. The van der Waals surface area contributed by atoms with E-state index in [-0.39, 0.29) is 5.91 Å². The van der Waals surface area contributed by atoms with E-state index in [0.29, 0.717) is 26.6 Å². The molecule has 0 unspecified atom stereocenters. The van der Waals surface area contributed by atoms with Crippen LogP contribution >= 0.6 is 34.7 Å². The number of amides is 1. The second-order valence-electron chi connectivity index (χ2n) is 6.12. The normalized spacial score (nSPS) is 10.8. The number of carbonyl (C=O) groups is 1. The van der Waals surface area contributed by atoms with Crippen molar-refractivity contribution < 1.29 is 4.79 Å². The number of H-pyrrole nitrogens is 1. The van der Waals surface area contributed by atoms with Crippen LogP contribution in [-0.2, 0) is 5.75 Å². The predicted molar refractivity (Wildman–Crippen MR) is 118 cm³/mol. The summed E-state index contributed by atoms with van der Waals surface area (Å²) in [6.07, 6.45) is 1.46. The molecular formula is C20H16ClN5OS2. The molecule has 2 aromatic carbocycles. The molecule has 2 aromatic heterocycles. The van der Waals surface area contributed by atoms with Gasteiger partial charge in [0.15, 0.2) is 10.3 Å². The van der Waals surface area contributed by atoms with E-state index in [1.807, 2.05) is 55.5 Å². The molecule has 0 aliphatic heterocycles. The Morgan fingerprint density at radius 2 is 2.00 bits per heavy atom. The number of aromatic amines is 1. The predicted octanol–water partition coefficient (Wildman–Crippen LogP) is 5.43. The Morgan fingerprint density at radius 3 is 2.76 bits per heavy atom. The van der Waals surface area contributed by atoms with Gasteiger partial charge in [-0.3, -0.25) is 15.2 Å². The van der Waals surface area contributed by atoms with Crippen LogP contribution in [0.2, 0.25) is 5.02 Å². The standard InChI is InChI=1S/C20H16ClN5OS2/c1-12-17(13-6-8-15(21)9-7-13)24-20(29-12)25-18(27)16-5-3-2-4-14(16)10-28-19-22-11-23-26-19/h2-9,11H,10H2,1H3,(H,22,23,26)(H,24,25,27). The third-order valence-electron chi connectivity index (χ3n) is 4.15. The number of benzene rings is 2. The van der Waals surface area contributed by atoms with Crippen molar-refractivity contribution in [2.75, 3.05) is 5.32 Å². The Labute approximate surface area is 180 Å². The van der Waals surface area contributed by atoms with Gasteiger partial charge in [-0.2, -0.15) is 5.10 Å². The maximum absolute atomic E-state index is 12.9. The monoisotopic (exact) mass is 441 g/mol. The molecule has 4 rings (SSSR count). The summed E-state index contributed by atoms with van der Waals surface area (Å²) in [5.41, 5.74) is 3.33. The molecule has 0 saturated heterocycles. The second-order valence-corrected chi connectivity index (χ2v) is 8.72. The average Bonchev–Trinajstić information content (AvgIpc) is 3.37. The Hall–Kier alpha value is -2.68. The number of hydrogen-bond donors (Lipinski definition) is 2. The molecule has 9 heteroatoms. The Bertz CT molecular complexity index is 1130. The van der Waals surface area contributed by atoms with Gasteiger partial charge in [-0.05, 0) is 30.7 Å². The molecule has 146 valence electrons. The topological polar surface area (TPSA) is 83.6 Å². The second kappa shape index (κ2) is 8.77. The smallest absolute Gasteiger partial charge is 0.257 e. The van der Waals surface area contributed by atoms with Crippen LogP contribution in [0.25, 0.3) is 11.3 Å². The molecule has 0 atom stereocenters. The van der Waals surface area contributed by atoms with E-state index < -0.39 is 0 Å². The largest absolute Gasteiger partial charge is 0.298 e. The lowest BCUT2D eigenvalue weighted by Gasteiger charge is -2.08. The fourth-order valence-corrected chi connectivity index (χ4v) is 4.51. The van der Waals surface area contributed by atoms with Gasteiger partial charge in [-0.25, -0.2) is 9.97 Å². The zero-order chi connectivity index (χ0) is 20.2. The number of aryl methyl sites for hydroxylation is 1. The van der Waals surface area contributed by atoms with Gasteiger partial charge in [0.25, 0.3) is 5.91 Å². The van der Waals surface area contributed by atoms with Crippen molar-refractivity contribution in [1.82, 2.24) is 20.2 Å². The first kappa shape index (κ1) is 19.6. The number of thioether (sulfide) groups is 1. The number of nitrogens with one attached hydrogen (secondary N) is 2.